The van der Waals surface area contributed by atoms with Crippen LogP contribution in [0, 0.1) is 5.82 Å². The Morgan fingerprint density at radius 3 is 2.37 bits per heavy atom. The highest BCUT2D eigenvalue weighted by Crippen LogP contribution is 2.25. The van der Waals surface area contributed by atoms with Crippen molar-refractivity contribution < 1.29 is 14.0 Å². The van der Waals surface area contributed by atoms with E-state index >= 15 is 0 Å². The third kappa shape index (κ3) is 7.99. The number of hydrogen-bond acceptors (Lipinski definition) is 3. The van der Waals surface area contributed by atoms with E-state index in [0.717, 1.165) is 11.1 Å². The summed E-state index contributed by atoms with van der Waals surface area (Å²) >= 11 is 13.6. The van der Waals surface area contributed by atoms with Crippen LogP contribution in [0.1, 0.15) is 23.6 Å². The number of amides is 2. The van der Waals surface area contributed by atoms with Crippen LogP contribution < -0.4 is 5.32 Å². The number of benzene rings is 3. The maximum Gasteiger partial charge on any atom is 0.243 e. The van der Waals surface area contributed by atoms with Gasteiger partial charge in [0.05, 0.1) is 15.8 Å². The minimum atomic E-state index is -0.728. The van der Waals surface area contributed by atoms with Gasteiger partial charge in [0.15, 0.2) is 0 Å². The summed E-state index contributed by atoms with van der Waals surface area (Å²) < 4.78 is 14.0. The Hall–Kier alpha value is -2.54. The van der Waals surface area contributed by atoms with E-state index in [9.17, 15) is 14.0 Å². The Bertz CT molecular complexity index is 1150. The third-order valence-corrected chi connectivity index (χ3v) is 7.11. The quantitative estimate of drug-likeness (QED) is 0.322. The average Bonchev–Trinajstić information content (AvgIpc) is 2.85. The fourth-order valence-corrected chi connectivity index (χ4v) is 4.84. The molecule has 0 radical (unpaired) electrons. The van der Waals surface area contributed by atoms with Gasteiger partial charge in [-0.15, -0.1) is 11.8 Å². The van der Waals surface area contributed by atoms with Crippen molar-refractivity contribution in [2.24, 2.45) is 0 Å². The monoisotopic (exact) mass is 532 g/mol. The predicted molar refractivity (Wildman–Crippen MR) is 142 cm³/mol. The summed E-state index contributed by atoms with van der Waals surface area (Å²) in [4.78, 5) is 28.2. The first-order valence-corrected chi connectivity index (χ1v) is 13.2. The molecule has 8 heteroatoms. The van der Waals surface area contributed by atoms with Gasteiger partial charge >= 0.3 is 0 Å². The molecule has 0 fully saturated rings. The number of hydrogen-bond donors (Lipinski definition) is 1. The molecular formula is C27H27Cl2FN2O2S. The second-order valence-electron chi connectivity index (χ2n) is 7.95. The topological polar surface area (TPSA) is 49.4 Å². The van der Waals surface area contributed by atoms with Crippen LogP contribution in [0.5, 0.6) is 0 Å². The lowest BCUT2D eigenvalue weighted by Gasteiger charge is -2.31. The number of rotatable bonds is 11. The van der Waals surface area contributed by atoms with Gasteiger partial charge in [0.25, 0.3) is 0 Å². The van der Waals surface area contributed by atoms with E-state index in [2.05, 4.69) is 5.32 Å². The van der Waals surface area contributed by atoms with E-state index in [1.165, 1.54) is 17.8 Å². The van der Waals surface area contributed by atoms with Gasteiger partial charge in [0.1, 0.15) is 11.9 Å². The van der Waals surface area contributed by atoms with Gasteiger partial charge in [-0.2, -0.15) is 0 Å². The van der Waals surface area contributed by atoms with Crippen LogP contribution in [-0.4, -0.2) is 35.1 Å². The minimum absolute atomic E-state index is 0.0976. The zero-order valence-electron chi connectivity index (χ0n) is 19.3. The normalized spacial score (nSPS) is 11.7. The molecule has 0 aliphatic rings. The number of halogens is 3. The lowest BCUT2D eigenvalue weighted by molar-refractivity contribution is -0.139. The second-order valence-corrected chi connectivity index (χ2v) is 9.75. The van der Waals surface area contributed by atoms with Crippen LogP contribution in [0.3, 0.4) is 0 Å². The van der Waals surface area contributed by atoms with Crippen LogP contribution in [0.25, 0.3) is 0 Å². The van der Waals surface area contributed by atoms with Crippen molar-refractivity contribution in [3.63, 3.8) is 0 Å². The first-order valence-electron chi connectivity index (χ1n) is 11.2. The first kappa shape index (κ1) is 27.1. The Labute approximate surface area is 219 Å². The molecule has 0 heterocycles. The van der Waals surface area contributed by atoms with E-state index < -0.39 is 6.04 Å². The maximum atomic E-state index is 14.0. The Kier molecular flexibility index (Phi) is 10.5. The molecule has 4 nitrogen and oxygen atoms in total. The van der Waals surface area contributed by atoms with Crippen LogP contribution in [0.2, 0.25) is 10.0 Å². The smallest absolute Gasteiger partial charge is 0.243 e. The fourth-order valence-electron chi connectivity index (χ4n) is 3.63. The molecule has 0 saturated heterocycles. The highest BCUT2D eigenvalue weighted by Gasteiger charge is 2.30. The van der Waals surface area contributed by atoms with Crippen molar-refractivity contribution in [2.75, 3.05) is 12.3 Å². The van der Waals surface area contributed by atoms with Crippen LogP contribution >= 0.6 is 35.0 Å². The maximum absolute atomic E-state index is 14.0. The second kappa shape index (κ2) is 13.5. The van der Waals surface area contributed by atoms with Gasteiger partial charge in [-0.25, -0.2) is 4.39 Å². The lowest BCUT2D eigenvalue weighted by atomic mass is 10.0. The largest absolute Gasteiger partial charge is 0.355 e. The van der Waals surface area contributed by atoms with Crippen LogP contribution in [0.4, 0.5) is 4.39 Å². The average molecular weight is 533 g/mol. The Morgan fingerprint density at radius 2 is 1.69 bits per heavy atom. The van der Waals surface area contributed by atoms with E-state index in [1.807, 2.05) is 37.3 Å². The number of likely N-dealkylation sites (N-methyl/N-ethyl adjacent to an activating group) is 1. The highest BCUT2D eigenvalue weighted by molar-refractivity contribution is 7.99. The molecule has 0 aromatic heterocycles. The van der Waals surface area contributed by atoms with Gasteiger partial charge < -0.3 is 10.2 Å². The van der Waals surface area contributed by atoms with E-state index in [4.69, 9.17) is 23.2 Å². The van der Waals surface area contributed by atoms with Crippen LogP contribution in [0.15, 0.2) is 72.8 Å². The molecule has 2 amide bonds. The van der Waals surface area contributed by atoms with Gasteiger partial charge in [-0.05, 0) is 41.8 Å². The first-order chi connectivity index (χ1) is 16.9. The van der Waals surface area contributed by atoms with Crippen molar-refractivity contribution >= 4 is 46.8 Å². The molecule has 1 N–H and O–H groups in total. The van der Waals surface area contributed by atoms with Crippen molar-refractivity contribution in [3.05, 3.63) is 105 Å². The highest BCUT2D eigenvalue weighted by atomic mass is 35.5. The summed E-state index contributed by atoms with van der Waals surface area (Å²) in [6.45, 7) is 2.47. The van der Waals surface area contributed by atoms with Gasteiger partial charge in [-0.3, -0.25) is 9.59 Å². The number of thioether (sulfide) groups is 1. The standard InChI is InChI=1S/C27H27Cl2FN2O2S/c1-2-31-27(34)25(15-19-8-4-3-5-9-19)32(16-20-12-13-22(28)23(29)14-20)26(33)18-35-17-21-10-6-7-11-24(21)30/h3-14,25H,2,15-18H2,1H3,(H,31,34)/t25-/m1/s1. The van der Waals surface area contributed by atoms with Gasteiger partial charge in [0.2, 0.25) is 11.8 Å². The molecule has 0 saturated carbocycles. The molecule has 3 rings (SSSR count). The van der Waals surface area contributed by atoms with Crippen molar-refractivity contribution in [3.8, 4) is 0 Å². The molecule has 3 aromatic carbocycles. The zero-order chi connectivity index (χ0) is 25.2. The molecule has 1 atom stereocenters. The van der Waals surface area contributed by atoms with Gasteiger partial charge in [-0.1, -0.05) is 77.8 Å². The number of nitrogens with zero attached hydrogens (tertiary/aromatic N) is 1. The molecule has 0 spiro atoms. The lowest BCUT2D eigenvalue weighted by Crippen LogP contribution is -2.51. The third-order valence-electron chi connectivity index (χ3n) is 5.40. The van der Waals surface area contributed by atoms with E-state index in [1.54, 1.807) is 41.3 Å². The van der Waals surface area contributed by atoms with E-state index in [-0.39, 0.29) is 29.9 Å². The van der Waals surface area contributed by atoms with E-state index in [0.29, 0.717) is 34.3 Å². The number of carbonyl (C=O) groups excluding carboxylic acids is 2. The summed E-state index contributed by atoms with van der Waals surface area (Å²) in [6.07, 6.45) is 0.359. The molecule has 0 aliphatic heterocycles. The van der Waals surface area contributed by atoms with Gasteiger partial charge in [0, 0.05) is 25.3 Å². The van der Waals surface area contributed by atoms with Crippen molar-refractivity contribution in [1.29, 1.82) is 0 Å². The molecular weight excluding hydrogens is 506 g/mol. The minimum Gasteiger partial charge on any atom is -0.355 e. The summed E-state index contributed by atoms with van der Waals surface area (Å²) in [5.41, 5.74) is 2.23. The SMILES string of the molecule is CCNC(=O)[C@@H](Cc1ccccc1)N(Cc1ccc(Cl)c(Cl)c1)C(=O)CSCc1ccccc1F. The van der Waals surface area contributed by atoms with Crippen molar-refractivity contribution in [2.45, 2.75) is 31.7 Å². The molecule has 184 valence electrons. The fraction of sp³-hybridized carbons (Fsp3) is 0.259. The molecule has 35 heavy (non-hydrogen) atoms. The molecule has 3 aromatic rings. The van der Waals surface area contributed by atoms with Crippen molar-refractivity contribution in [1.82, 2.24) is 10.2 Å². The summed E-state index contributed by atoms with van der Waals surface area (Å²) in [5, 5.41) is 3.65. The molecule has 0 bridgehead atoms. The summed E-state index contributed by atoms with van der Waals surface area (Å²) in [5.74, 6) is -0.304. The molecule has 0 aliphatic carbocycles. The molecule has 0 unspecified atom stereocenters. The van der Waals surface area contributed by atoms with Crippen LogP contribution in [-0.2, 0) is 28.3 Å². The number of carbonyl (C=O) groups is 2. The Morgan fingerprint density at radius 1 is 0.971 bits per heavy atom. The summed E-state index contributed by atoms with van der Waals surface area (Å²) in [7, 11) is 0. The zero-order valence-corrected chi connectivity index (χ0v) is 21.7. The number of nitrogens with one attached hydrogen (secondary N) is 1. The summed E-state index contributed by atoms with van der Waals surface area (Å²) in [6, 6.07) is 20.5. The Balaban J connectivity index is 1.85. The predicted octanol–water partition coefficient (Wildman–Crippen LogP) is 6.14.